The molecule has 0 unspecified atom stereocenters. The van der Waals surface area contributed by atoms with Crippen molar-refractivity contribution in [3.8, 4) is 28.7 Å². The number of nitrogens with zero attached hydrogens (tertiary/aromatic N) is 2. The van der Waals surface area contributed by atoms with Crippen molar-refractivity contribution in [2.75, 3.05) is 38.4 Å². The first-order valence-corrected chi connectivity index (χ1v) is 14.3. The van der Waals surface area contributed by atoms with Crippen molar-refractivity contribution in [3.63, 3.8) is 0 Å². The van der Waals surface area contributed by atoms with Crippen LogP contribution in [0.25, 0.3) is 16.0 Å². The first-order chi connectivity index (χ1) is 20.4. The van der Waals surface area contributed by atoms with Crippen LogP contribution in [-0.4, -0.2) is 55.3 Å². The maximum Gasteiger partial charge on any atom is 0.301 e. The second-order valence-corrected chi connectivity index (χ2v) is 10.4. The monoisotopic (exact) mass is 588 g/mol. The zero-order chi connectivity index (χ0) is 29.4. The largest absolute Gasteiger partial charge is 0.507 e. The van der Waals surface area contributed by atoms with Gasteiger partial charge in [-0.1, -0.05) is 17.4 Å². The second-order valence-electron chi connectivity index (χ2n) is 9.43. The summed E-state index contributed by atoms with van der Waals surface area (Å²) in [7, 11) is 1.51. The highest BCUT2D eigenvalue weighted by Gasteiger charge is 2.48. The zero-order valence-corrected chi connectivity index (χ0v) is 24.0. The summed E-state index contributed by atoms with van der Waals surface area (Å²) in [5, 5.41) is 11.9. The summed E-state index contributed by atoms with van der Waals surface area (Å²) in [5.41, 5.74) is 1.40. The number of hydrogen-bond donors (Lipinski definition) is 1. The van der Waals surface area contributed by atoms with Crippen LogP contribution >= 0.6 is 11.3 Å². The van der Waals surface area contributed by atoms with E-state index >= 15 is 0 Å². The highest BCUT2D eigenvalue weighted by Crippen LogP contribution is 2.46. The maximum absolute atomic E-state index is 13.7. The van der Waals surface area contributed by atoms with E-state index in [9.17, 15) is 14.7 Å². The topological polar surface area (TPSA) is 117 Å². The highest BCUT2D eigenvalue weighted by molar-refractivity contribution is 7.22. The molecule has 0 bridgehead atoms. The van der Waals surface area contributed by atoms with Gasteiger partial charge in [0, 0.05) is 5.56 Å². The molecule has 4 aromatic rings. The molecule has 0 spiro atoms. The summed E-state index contributed by atoms with van der Waals surface area (Å²) in [6.07, 6.45) is 0. The third-order valence-corrected chi connectivity index (χ3v) is 7.95. The molecule has 42 heavy (non-hydrogen) atoms. The Morgan fingerprint density at radius 3 is 2.52 bits per heavy atom. The molecule has 1 saturated heterocycles. The molecular formula is C31H28N2O8S. The Kier molecular flexibility index (Phi) is 7.34. The lowest BCUT2D eigenvalue weighted by atomic mass is 9.95. The summed E-state index contributed by atoms with van der Waals surface area (Å²) >= 11 is 1.25. The molecule has 0 saturated carbocycles. The van der Waals surface area contributed by atoms with Gasteiger partial charge in [-0.2, -0.15) is 0 Å². The van der Waals surface area contributed by atoms with E-state index < -0.39 is 17.7 Å². The van der Waals surface area contributed by atoms with Crippen molar-refractivity contribution < 1.29 is 38.4 Å². The molecule has 2 aliphatic rings. The van der Waals surface area contributed by atoms with E-state index in [2.05, 4.69) is 4.98 Å². The minimum absolute atomic E-state index is 0.0860. The molecular weight excluding hydrogens is 560 g/mol. The number of hydrogen-bond acceptors (Lipinski definition) is 10. The van der Waals surface area contributed by atoms with Gasteiger partial charge in [0.05, 0.1) is 42.2 Å². The van der Waals surface area contributed by atoms with Crippen LogP contribution in [0.15, 0.2) is 60.2 Å². The summed E-state index contributed by atoms with van der Waals surface area (Å²) in [5.74, 6) is 0.590. The Morgan fingerprint density at radius 2 is 1.76 bits per heavy atom. The normalized spacial score (nSPS) is 17.5. The third-order valence-electron chi connectivity index (χ3n) is 6.93. The number of aliphatic hydroxyl groups excluding tert-OH is 1. The van der Waals surface area contributed by atoms with E-state index in [0.717, 1.165) is 4.70 Å². The highest BCUT2D eigenvalue weighted by atomic mass is 32.1. The van der Waals surface area contributed by atoms with Crippen molar-refractivity contribution >= 4 is 44.1 Å². The lowest BCUT2D eigenvalue weighted by Gasteiger charge is -2.24. The molecule has 11 heteroatoms. The van der Waals surface area contributed by atoms with Gasteiger partial charge in [-0.3, -0.25) is 14.5 Å². The molecule has 1 N–H and O–H groups in total. The van der Waals surface area contributed by atoms with Gasteiger partial charge >= 0.3 is 5.91 Å². The number of ketones is 1. The molecule has 3 heterocycles. The summed E-state index contributed by atoms with van der Waals surface area (Å²) in [6.45, 7) is 5.46. The Bertz CT molecular complexity index is 1730. The van der Waals surface area contributed by atoms with Crippen LogP contribution in [0, 0.1) is 0 Å². The molecule has 1 amide bonds. The van der Waals surface area contributed by atoms with Crippen LogP contribution < -0.4 is 28.6 Å². The predicted molar refractivity (Wildman–Crippen MR) is 157 cm³/mol. The van der Waals surface area contributed by atoms with Gasteiger partial charge in [-0.25, -0.2) is 4.98 Å². The van der Waals surface area contributed by atoms with Crippen molar-refractivity contribution in [1.29, 1.82) is 0 Å². The standard InChI is InChI=1S/C31H28N2O8S/c1-4-38-19-8-9-20-25(16-19)42-31(32-20)33-27(17-6-10-21(39-5-2)23(14-17)37-3)26(29(35)30(33)36)28(34)18-7-11-22-24(15-18)41-13-12-40-22/h6-11,14-16,27,34H,4-5,12-13H2,1-3H3/b28-26+/t27-/m0/s1. The number of benzene rings is 3. The Hall–Kier alpha value is -4.77. The van der Waals surface area contributed by atoms with E-state index in [1.807, 2.05) is 19.9 Å². The van der Waals surface area contributed by atoms with E-state index in [0.29, 0.717) is 77.0 Å². The van der Waals surface area contributed by atoms with E-state index in [1.165, 1.54) is 23.3 Å². The van der Waals surface area contributed by atoms with Crippen LogP contribution in [0.2, 0.25) is 0 Å². The van der Waals surface area contributed by atoms with Crippen LogP contribution in [0.4, 0.5) is 5.13 Å². The molecule has 0 radical (unpaired) electrons. The van der Waals surface area contributed by atoms with E-state index in [1.54, 1.807) is 48.5 Å². The van der Waals surface area contributed by atoms with Gasteiger partial charge < -0.3 is 28.8 Å². The number of rotatable bonds is 8. The Balaban J connectivity index is 1.53. The summed E-state index contributed by atoms with van der Waals surface area (Å²) in [4.78, 5) is 33.4. The van der Waals surface area contributed by atoms with Gasteiger partial charge in [0.15, 0.2) is 28.1 Å². The van der Waals surface area contributed by atoms with Crippen molar-refractivity contribution in [3.05, 3.63) is 71.3 Å². The first-order valence-electron chi connectivity index (χ1n) is 13.5. The summed E-state index contributed by atoms with van der Waals surface area (Å²) in [6, 6.07) is 14.5. The number of aliphatic hydroxyl groups is 1. The number of carbonyl (C=O) groups is 2. The fourth-order valence-corrected chi connectivity index (χ4v) is 6.09. The SMILES string of the molecule is CCOc1ccc2nc(N3C(=O)C(=O)/C(=C(/O)c4ccc5c(c4)OCCO5)[C@@H]3c3ccc(OCC)c(OC)c3)sc2c1. The quantitative estimate of drug-likeness (QED) is 0.162. The van der Waals surface area contributed by atoms with Gasteiger partial charge in [-0.15, -0.1) is 0 Å². The molecule has 1 fully saturated rings. The van der Waals surface area contributed by atoms with Crippen molar-refractivity contribution in [1.82, 2.24) is 4.98 Å². The van der Waals surface area contributed by atoms with Gasteiger partial charge in [0.1, 0.15) is 24.7 Å². The third kappa shape index (κ3) is 4.75. The van der Waals surface area contributed by atoms with Crippen LogP contribution in [-0.2, 0) is 9.59 Å². The number of ether oxygens (including phenoxy) is 5. The Morgan fingerprint density at radius 1 is 0.976 bits per heavy atom. The number of Topliss-reactive ketones (excluding diaryl/α,β-unsaturated/α-hetero) is 1. The fraction of sp³-hybridized carbons (Fsp3) is 0.258. The fourth-order valence-electron chi connectivity index (χ4n) is 5.07. The lowest BCUT2D eigenvalue weighted by Crippen LogP contribution is -2.29. The number of aromatic nitrogens is 1. The average molecular weight is 589 g/mol. The molecule has 3 aromatic carbocycles. The lowest BCUT2D eigenvalue weighted by molar-refractivity contribution is -0.132. The molecule has 6 rings (SSSR count). The van der Waals surface area contributed by atoms with Gasteiger partial charge in [-0.05, 0) is 67.9 Å². The van der Waals surface area contributed by atoms with Gasteiger partial charge in [0.2, 0.25) is 0 Å². The van der Waals surface area contributed by atoms with Crippen LogP contribution in [0.1, 0.15) is 31.0 Å². The predicted octanol–water partition coefficient (Wildman–Crippen LogP) is 5.50. The smallest absolute Gasteiger partial charge is 0.301 e. The van der Waals surface area contributed by atoms with E-state index in [4.69, 9.17) is 23.7 Å². The van der Waals surface area contributed by atoms with Gasteiger partial charge in [0.25, 0.3) is 5.78 Å². The zero-order valence-electron chi connectivity index (χ0n) is 23.2. The van der Waals surface area contributed by atoms with Crippen molar-refractivity contribution in [2.24, 2.45) is 0 Å². The molecule has 2 aliphatic heterocycles. The molecule has 1 atom stereocenters. The molecule has 216 valence electrons. The molecule has 0 aliphatic carbocycles. The minimum Gasteiger partial charge on any atom is -0.507 e. The molecule has 10 nitrogen and oxygen atoms in total. The number of carbonyl (C=O) groups excluding carboxylic acids is 2. The maximum atomic E-state index is 13.7. The van der Waals surface area contributed by atoms with E-state index in [-0.39, 0.29) is 11.3 Å². The number of thiazole rings is 1. The summed E-state index contributed by atoms with van der Waals surface area (Å²) < 4.78 is 29.0. The van der Waals surface area contributed by atoms with Crippen LogP contribution in [0.5, 0.6) is 28.7 Å². The average Bonchev–Trinajstić information content (AvgIpc) is 3.54. The number of anilines is 1. The van der Waals surface area contributed by atoms with Crippen molar-refractivity contribution in [2.45, 2.75) is 19.9 Å². The first kappa shape index (κ1) is 27.4. The minimum atomic E-state index is -1.00. The Labute approximate surface area is 245 Å². The number of amides is 1. The number of fused-ring (bicyclic) bond motifs is 2. The second kappa shape index (κ2) is 11.2. The molecule has 1 aromatic heterocycles. The number of methoxy groups -OCH3 is 1. The van der Waals surface area contributed by atoms with Crippen LogP contribution in [0.3, 0.4) is 0 Å².